The van der Waals surface area contributed by atoms with Crippen LogP contribution >= 0.6 is 0 Å². The lowest BCUT2D eigenvalue weighted by molar-refractivity contribution is 0.415. The molecule has 118 valence electrons. The van der Waals surface area contributed by atoms with Gasteiger partial charge >= 0.3 is 0 Å². The third-order valence-electron chi connectivity index (χ3n) is 3.76. The quantitative estimate of drug-likeness (QED) is 0.694. The molecule has 0 aliphatic carbocycles. The van der Waals surface area contributed by atoms with E-state index in [2.05, 4.69) is 61.2 Å². The number of ether oxygens (including phenoxy) is 1. The Morgan fingerprint density at radius 1 is 0.955 bits per heavy atom. The minimum Gasteiger partial charge on any atom is -0.497 e. The SMILES string of the molecule is COc1ccc(N(CCCc2ccccc2)CC(C)C)cc1. The number of anilines is 1. The second-order valence-electron chi connectivity index (χ2n) is 6.13. The molecule has 0 saturated heterocycles. The standard InChI is InChI=1S/C20H27NO/c1-17(2)16-21(19-11-13-20(22-3)14-12-19)15-7-10-18-8-5-4-6-9-18/h4-6,8-9,11-14,17H,7,10,15-16H2,1-3H3. The molecule has 0 heterocycles. The minimum absolute atomic E-state index is 0.652. The van der Waals surface area contributed by atoms with Gasteiger partial charge in [0, 0.05) is 18.8 Å². The van der Waals surface area contributed by atoms with Gasteiger partial charge in [-0.15, -0.1) is 0 Å². The highest BCUT2D eigenvalue weighted by atomic mass is 16.5. The normalized spacial score (nSPS) is 10.7. The summed E-state index contributed by atoms with van der Waals surface area (Å²) in [5.74, 6) is 1.57. The first-order valence-corrected chi connectivity index (χ1v) is 8.12. The molecule has 0 bridgehead atoms. The summed E-state index contributed by atoms with van der Waals surface area (Å²) in [6.07, 6.45) is 2.30. The van der Waals surface area contributed by atoms with E-state index in [1.54, 1.807) is 7.11 Å². The van der Waals surface area contributed by atoms with Gasteiger partial charge in [0.1, 0.15) is 5.75 Å². The molecule has 2 aromatic rings. The van der Waals surface area contributed by atoms with Crippen molar-refractivity contribution in [3.05, 3.63) is 60.2 Å². The third-order valence-corrected chi connectivity index (χ3v) is 3.76. The zero-order chi connectivity index (χ0) is 15.8. The first-order chi connectivity index (χ1) is 10.7. The van der Waals surface area contributed by atoms with Gasteiger partial charge in [0.05, 0.1) is 7.11 Å². The van der Waals surface area contributed by atoms with Crippen molar-refractivity contribution in [1.82, 2.24) is 0 Å². The molecule has 2 nitrogen and oxygen atoms in total. The molecule has 0 fully saturated rings. The molecule has 0 N–H and O–H groups in total. The Morgan fingerprint density at radius 2 is 1.64 bits per heavy atom. The molecule has 2 aromatic carbocycles. The molecule has 22 heavy (non-hydrogen) atoms. The number of benzene rings is 2. The van der Waals surface area contributed by atoms with Crippen molar-refractivity contribution in [3.63, 3.8) is 0 Å². The van der Waals surface area contributed by atoms with Gasteiger partial charge in [-0.05, 0) is 48.6 Å². The zero-order valence-corrected chi connectivity index (χ0v) is 14.0. The monoisotopic (exact) mass is 297 g/mol. The molecule has 0 spiro atoms. The van der Waals surface area contributed by atoms with E-state index in [9.17, 15) is 0 Å². The van der Waals surface area contributed by atoms with E-state index in [1.165, 1.54) is 17.7 Å². The number of rotatable bonds is 8. The molecule has 0 aliphatic rings. The van der Waals surface area contributed by atoms with Crippen LogP contribution < -0.4 is 9.64 Å². The van der Waals surface area contributed by atoms with Gasteiger partial charge < -0.3 is 9.64 Å². The molecule has 0 atom stereocenters. The molecule has 0 saturated carbocycles. The summed E-state index contributed by atoms with van der Waals surface area (Å²) in [5.41, 5.74) is 2.70. The zero-order valence-electron chi connectivity index (χ0n) is 14.0. The van der Waals surface area contributed by atoms with Crippen LogP contribution in [0.15, 0.2) is 54.6 Å². The highest BCUT2D eigenvalue weighted by Crippen LogP contribution is 2.21. The van der Waals surface area contributed by atoms with Gasteiger partial charge in [-0.25, -0.2) is 0 Å². The van der Waals surface area contributed by atoms with E-state index in [0.29, 0.717) is 5.92 Å². The highest BCUT2D eigenvalue weighted by molar-refractivity contribution is 5.49. The summed E-state index contributed by atoms with van der Waals surface area (Å²) >= 11 is 0. The van der Waals surface area contributed by atoms with Gasteiger partial charge in [-0.1, -0.05) is 44.2 Å². The summed E-state index contributed by atoms with van der Waals surface area (Å²) in [5, 5.41) is 0. The maximum Gasteiger partial charge on any atom is 0.119 e. The maximum absolute atomic E-state index is 5.25. The first kappa shape index (κ1) is 16.4. The van der Waals surface area contributed by atoms with E-state index in [-0.39, 0.29) is 0 Å². The average molecular weight is 297 g/mol. The van der Waals surface area contributed by atoms with E-state index in [4.69, 9.17) is 4.74 Å². The number of hydrogen-bond donors (Lipinski definition) is 0. The predicted molar refractivity (Wildman–Crippen MR) is 94.8 cm³/mol. The smallest absolute Gasteiger partial charge is 0.119 e. The second kappa shape index (κ2) is 8.47. The van der Waals surface area contributed by atoms with Gasteiger partial charge in [0.25, 0.3) is 0 Å². The topological polar surface area (TPSA) is 12.5 Å². The molecular weight excluding hydrogens is 270 g/mol. The number of nitrogens with zero attached hydrogens (tertiary/aromatic N) is 1. The summed E-state index contributed by atoms with van der Waals surface area (Å²) in [4.78, 5) is 2.48. The van der Waals surface area contributed by atoms with Crippen LogP contribution in [0.5, 0.6) is 5.75 Å². The maximum atomic E-state index is 5.25. The number of aryl methyl sites for hydroxylation is 1. The summed E-state index contributed by atoms with van der Waals surface area (Å²) in [6, 6.07) is 19.1. The fraction of sp³-hybridized carbons (Fsp3) is 0.400. The molecule has 2 rings (SSSR count). The van der Waals surface area contributed by atoms with Crippen LogP contribution in [-0.4, -0.2) is 20.2 Å². The van der Waals surface area contributed by atoms with Crippen molar-refractivity contribution in [2.75, 3.05) is 25.1 Å². The van der Waals surface area contributed by atoms with Crippen molar-refractivity contribution in [2.24, 2.45) is 5.92 Å². The average Bonchev–Trinajstić information content (AvgIpc) is 2.55. The lowest BCUT2D eigenvalue weighted by Crippen LogP contribution is -2.28. The molecule has 0 radical (unpaired) electrons. The molecule has 0 aliphatic heterocycles. The molecular formula is C20H27NO. The molecule has 0 amide bonds. The van der Waals surface area contributed by atoms with Crippen LogP contribution in [0.25, 0.3) is 0 Å². The van der Waals surface area contributed by atoms with E-state index >= 15 is 0 Å². The Labute approximate surface area is 134 Å². The highest BCUT2D eigenvalue weighted by Gasteiger charge is 2.09. The van der Waals surface area contributed by atoms with Crippen LogP contribution in [-0.2, 0) is 6.42 Å². The van der Waals surface area contributed by atoms with Crippen LogP contribution in [0.2, 0.25) is 0 Å². The van der Waals surface area contributed by atoms with Crippen molar-refractivity contribution in [3.8, 4) is 5.75 Å². The van der Waals surface area contributed by atoms with Crippen LogP contribution in [0, 0.1) is 5.92 Å². The minimum atomic E-state index is 0.652. The van der Waals surface area contributed by atoms with Gasteiger partial charge in [0.15, 0.2) is 0 Å². The van der Waals surface area contributed by atoms with E-state index in [0.717, 1.165) is 25.3 Å². The second-order valence-corrected chi connectivity index (χ2v) is 6.13. The fourth-order valence-corrected chi connectivity index (χ4v) is 2.68. The van der Waals surface area contributed by atoms with E-state index in [1.807, 2.05) is 12.1 Å². The Morgan fingerprint density at radius 3 is 2.23 bits per heavy atom. The van der Waals surface area contributed by atoms with Crippen molar-refractivity contribution < 1.29 is 4.74 Å². The number of methoxy groups -OCH3 is 1. The van der Waals surface area contributed by atoms with Crippen LogP contribution in [0.3, 0.4) is 0 Å². The Bertz CT molecular complexity index is 533. The van der Waals surface area contributed by atoms with Gasteiger partial charge in [-0.3, -0.25) is 0 Å². The van der Waals surface area contributed by atoms with Crippen LogP contribution in [0.1, 0.15) is 25.8 Å². The molecule has 2 heteroatoms. The largest absolute Gasteiger partial charge is 0.497 e. The third kappa shape index (κ3) is 5.10. The van der Waals surface area contributed by atoms with Crippen molar-refractivity contribution in [1.29, 1.82) is 0 Å². The number of hydrogen-bond acceptors (Lipinski definition) is 2. The van der Waals surface area contributed by atoms with Gasteiger partial charge in [0.2, 0.25) is 0 Å². The lowest BCUT2D eigenvalue weighted by atomic mass is 10.1. The van der Waals surface area contributed by atoms with Crippen LogP contribution in [0.4, 0.5) is 5.69 Å². The fourth-order valence-electron chi connectivity index (χ4n) is 2.68. The Balaban J connectivity index is 1.96. The summed E-state index contributed by atoms with van der Waals surface area (Å²) < 4.78 is 5.25. The van der Waals surface area contributed by atoms with E-state index < -0.39 is 0 Å². The Hall–Kier alpha value is -1.96. The van der Waals surface area contributed by atoms with Gasteiger partial charge in [-0.2, -0.15) is 0 Å². The summed E-state index contributed by atoms with van der Waals surface area (Å²) in [6.45, 7) is 6.71. The molecule has 0 unspecified atom stereocenters. The molecule has 0 aromatic heterocycles. The Kier molecular flexibility index (Phi) is 6.32. The summed E-state index contributed by atoms with van der Waals surface area (Å²) in [7, 11) is 1.71. The van der Waals surface area contributed by atoms with Crippen molar-refractivity contribution >= 4 is 5.69 Å². The lowest BCUT2D eigenvalue weighted by Gasteiger charge is -2.27. The first-order valence-electron chi connectivity index (χ1n) is 8.12. The van der Waals surface area contributed by atoms with Crippen molar-refractivity contribution in [2.45, 2.75) is 26.7 Å². The predicted octanol–water partition coefficient (Wildman–Crippen LogP) is 4.79.